The van der Waals surface area contributed by atoms with Crippen LogP contribution in [-0.2, 0) is 4.74 Å². The van der Waals surface area contributed by atoms with Gasteiger partial charge in [0.05, 0.1) is 12.0 Å². The lowest BCUT2D eigenvalue weighted by molar-refractivity contribution is 0.0526. The van der Waals surface area contributed by atoms with Gasteiger partial charge in [-0.3, -0.25) is 14.2 Å². The minimum absolute atomic E-state index is 0.136. The highest BCUT2D eigenvalue weighted by Gasteiger charge is 2.21. The maximum atomic E-state index is 13.1. The molecular weight excluding hydrogens is 320 g/mol. The first kappa shape index (κ1) is 16.7. The number of nitrogens with one attached hydrogen (secondary N) is 1. The van der Waals surface area contributed by atoms with Gasteiger partial charge in [-0.25, -0.2) is 4.79 Å². The summed E-state index contributed by atoms with van der Waals surface area (Å²) in [6, 6.07) is 10.9. The van der Waals surface area contributed by atoms with Gasteiger partial charge in [0.2, 0.25) is 0 Å². The highest BCUT2D eigenvalue weighted by molar-refractivity contribution is 6.04. The Bertz CT molecular complexity index is 1080. The number of carbonyl (C=O) groups excluding carboxylic acids is 1. The second-order valence-corrected chi connectivity index (χ2v) is 5.73. The van der Waals surface area contributed by atoms with E-state index in [1.54, 1.807) is 31.4 Å². The molecule has 3 rings (SSSR count). The third-order valence-corrected chi connectivity index (χ3v) is 4.06. The number of fused-ring (bicyclic) bond motifs is 1. The van der Waals surface area contributed by atoms with E-state index in [-0.39, 0.29) is 17.7 Å². The van der Waals surface area contributed by atoms with Crippen LogP contribution in [0.25, 0.3) is 16.5 Å². The van der Waals surface area contributed by atoms with Crippen LogP contribution < -0.4 is 11.1 Å². The molecule has 6 nitrogen and oxygen atoms in total. The molecule has 0 amide bonds. The Balaban J connectivity index is 2.44. The Kier molecular flexibility index (Phi) is 4.27. The SMILES string of the molecule is CCOC(=O)c1c(=O)[nH]c(C)c2c(=O)n(-c3ccccc3)c(C)cc12. The van der Waals surface area contributed by atoms with E-state index in [4.69, 9.17) is 4.74 Å². The van der Waals surface area contributed by atoms with E-state index in [1.165, 1.54) is 0 Å². The van der Waals surface area contributed by atoms with Gasteiger partial charge in [0, 0.05) is 22.5 Å². The van der Waals surface area contributed by atoms with Crippen molar-refractivity contribution in [3.05, 3.63) is 74.1 Å². The molecule has 0 aliphatic carbocycles. The Morgan fingerprint density at radius 3 is 2.48 bits per heavy atom. The highest BCUT2D eigenvalue weighted by Crippen LogP contribution is 2.19. The molecule has 6 heteroatoms. The summed E-state index contributed by atoms with van der Waals surface area (Å²) in [7, 11) is 0. The number of rotatable bonds is 3. The summed E-state index contributed by atoms with van der Waals surface area (Å²) >= 11 is 0. The fourth-order valence-corrected chi connectivity index (χ4v) is 3.01. The normalized spacial score (nSPS) is 10.8. The Morgan fingerprint density at radius 1 is 1.16 bits per heavy atom. The third kappa shape index (κ3) is 2.76. The lowest BCUT2D eigenvalue weighted by Gasteiger charge is -2.14. The maximum absolute atomic E-state index is 13.1. The van der Waals surface area contributed by atoms with Crippen molar-refractivity contribution < 1.29 is 9.53 Å². The maximum Gasteiger partial charge on any atom is 0.344 e. The quantitative estimate of drug-likeness (QED) is 0.744. The number of hydrogen-bond acceptors (Lipinski definition) is 4. The molecule has 1 N–H and O–H groups in total. The summed E-state index contributed by atoms with van der Waals surface area (Å²) in [5, 5.41) is 0.617. The Morgan fingerprint density at radius 2 is 1.84 bits per heavy atom. The molecule has 0 radical (unpaired) electrons. The molecule has 0 bridgehead atoms. The number of H-pyrrole nitrogens is 1. The van der Waals surface area contributed by atoms with Gasteiger partial charge >= 0.3 is 5.97 Å². The van der Waals surface area contributed by atoms with Crippen molar-refractivity contribution in [2.24, 2.45) is 0 Å². The van der Waals surface area contributed by atoms with Gasteiger partial charge in [-0.1, -0.05) is 18.2 Å². The van der Waals surface area contributed by atoms with Crippen molar-refractivity contribution in [1.82, 2.24) is 9.55 Å². The number of carbonyl (C=O) groups is 1. The van der Waals surface area contributed by atoms with E-state index < -0.39 is 11.5 Å². The Labute approximate surface area is 143 Å². The fraction of sp³-hybridized carbons (Fsp3) is 0.211. The first-order valence-corrected chi connectivity index (χ1v) is 7.97. The van der Waals surface area contributed by atoms with Crippen molar-refractivity contribution in [2.45, 2.75) is 20.8 Å². The largest absolute Gasteiger partial charge is 0.462 e. The second kappa shape index (κ2) is 6.39. The number of hydrogen-bond donors (Lipinski definition) is 1. The molecule has 3 aromatic rings. The standard InChI is InChI=1S/C19H18N2O4/c1-4-25-19(24)16-14-10-11(2)21(13-8-6-5-7-9-13)18(23)15(14)12(3)20-17(16)22/h5-10H,4H2,1-3H3,(H,20,22). The summed E-state index contributed by atoms with van der Waals surface area (Å²) in [6.07, 6.45) is 0. The monoisotopic (exact) mass is 338 g/mol. The second-order valence-electron chi connectivity index (χ2n) is 5.73. The zero-order valence-corrected chi connectivity index (χ0v) is 14.3. The molecule has 0 saturated heterocycles. The molecule has 0 aliphatic rings. The first-order chi connectivity index (χ1) is 12.0. The van der Waals surface area contributed by atoms with Gasteiger partial charge in [0.25, 0.3) is 11.1 Å². The Hall–Kier alpha value is -3.15. The van der Waals surface area contributed by atoms with Crippen LogP contribution in [0.15, 0.2) is 46.0 Å². The van der Waals surface area contributed by atoms with Crippen LogP contribution in [0.5, 0.6) is 0 Å². The first-order valence-electron chi connectivity index (χ1n) is 7.97. The van der Waals surface area contributed by atoms with E-state index in [1.807, 2.05) is 30.3 Å². The molecule has 0 saturated carbocycles. The smallest absolute Gasteiger partial charge is 0.344 e. The van der Waals surface area contributed by atoms with Crippen LogP contribution in [0.4, 0.5) is 0 Å². The van der Waals surface area contributed by atoms with Crippen molar-refractivity contribution >= 4 is 16.7 Å². The summed E-state index contributed by atoms with van der Waals surface area (Å²) in [6.45, 7) is 5.22. The molecule has 0 fully saturated rings. The number of pyridine rings is 2. The molecular formula is C19H18N2O4. The van der Waals surface area contributed by atoms with E-state index in [2.05, 4.69) is 4.98 Å². The number of nitrogens with zero attached hydrogens (tertiary/aromatic N) is 1. The molecule has 0 unspecified atom stereocenters. The van der Waals surface area contributed by atoms with Crippen molar-refractivity contribution in [3.8, 4) is 5.69 Å². The van der Waals surface area contributed by atoms with E-state index in [0.717, 1.165) is 5.69 Å². The van der Waals surface area contributed by atoms with Gasteiger partial charge in [-0.05, 0) is 39.0 Å². The van der Waals surface area contributed by atoms with Gasteiger partial charge < -0.3 is 9.72 Å². The molecule has 128 valence electrons. The third-order valence-electron chi connectivity index (χ3n) is 4.06. The van der Waals surface area contributed by atoms with Crippen LogP contribution in [0.1, 0.15) is 28.7 Å². The lowest BCUT2D eigenvalue weighted by atomic mass is 10.1. The van der Waals surface area contributed by atoms with Gasteiger partial charge in [0.15, 0.2) is 0 Å². The number of esters is 1. The lowest BCUT2D eigenvalue weighted by Crippen LogP contribution is -2.27. The minimum Gasteiger partial charge on any atom is -0.462 e. The molecule has 0 spiro atoms. The van der Waals surface area contributed by atoms with Crippen LogP contribution in [0, 0.1) is 13.8 Å². The minimum atomic E-state index is -0.731. The van der Waals surface area contributed by atoms with Gasteiger partial charge in [-0.15, -0.1) is 0 Å². The predicted molar refractivity (Wildman–Crippen MR) is 95.6 cm³/mol. The zero-order valence-electron chi connectivity index (χ0n) is 14.3. The summed E-state index contributed by atoms with van der Waals surface area (Å²) in [5.41, 5.74) is 0.778. The van der Waals surface area contributed by atoms with E-state index >= 15 is 0 Å². The summed E-state index contributed by atoms with van der Waals surface area (Å²) in [4.78, 5) is 40.2. The number of aromatic amines is 1. The van der Waals surface area contributed by atoms with Crippen molar-refractivity contribution in [3.63, 3.8) is 0 Å². The number of benzene rings is 1. The highest BCUT2D eigenvalue weighted by atomic mass is 16.5. The van der Waals surface area contributed by atoms with Crippen molar-refractivity contribution in [1.29, 1.82) is 0 Å². The zero-order chi connectivity index (χ0) is 18.1. The number of para-hydroxylation sites is 1. The van der Waals surface area contributed by atoms with Gasteiger partial charge in [-0.2, -0.15) is 0 Å². The van der Waals surface area contributed by atoms with E-state index in [0.29, 0.717) is 22.2 Å². The van der Waals surface area contributed by atoms with Crippen LogP contribution in [0.2, 0.25) is 0 Å². The summed E-state index contributed by atoms with van der Waals surface area (Å²) in [5.74, 6) is -0.731. The number of ether oxygens (including phenoxy) is 1. The molecule has 1 aromatic carbocycles. The van der Waals surface area contributed by atoms with Crippen LogP contribution >= 0.6 is 0 Å². The van der Waals surface area contributed by atoms with Crippen LogP contribution in [0.3, 0.4) is 0 Å². The average molecular weight is 338 g/mol. The molecule has 0 aliphatic heterocycles. The predicted octanol–water partition coefficient (Wildman–Crippen LogP) is 2.47. The van der Waals surface area contributed by atoms with Crippen LogP contribution in [-0.4, -0.2) is 22.1 Å². The van der Waals surface area contributed by atoms with Gasteiger partial charge in [0.1, 0.15) is 5.56 Å². The molecule has 25 heavy (non-hydrogen) atoms. The summed E-state index contributed by atoms with van der Waals surface area (Å²) < 4.78 is 6.54. The number of aryl methyl sites for hydroxylation is 2. The molecule has 0 atom stereocenters. The molecule has 2 aromatic heterocycles. The van der Waals surface area contributed by atoms with E-state index in [9.17, 15) is 14.4 Å². The van der Waals surface area contributed by atoms with Crippen molar-refractivity contribution in [2.75, 3.05) is 6.61 Å². The average Bonchev–Trinajstić information content (AvgIpc) is 2.55. The number of aromatic nitrogens is 2. The molecule has 2 heterocycles. The fourth-order valence-electron chi connectivity index (χ4n) is 3.01. The topological polar surface area (TPSA) is 81.2 Å².